The Morgan fingerprint density at radius 1 is 1.18 bits per heavy atom. The zero-order valence-corrected chi connectivity index (χ0v) is 12.2. The summed E-state index contributed by atoms with van der Waals surface area (Å²) in [4.78, 5) is 2.69. The molecule has 0 saturated heterocycles. The van der Waals surface area contributed by atoms with Crippen LogP contribution in [-0.2, 0) is 0 Å². The lowest BCUT2D eigenvalue weighted by atomic mass is 9.94. The van der Waals surface area contributed by atoms with Gasteiger partial charge < -0.3 is 5.32 Å². The normalized spacial score (nSPS) is 19.8. The van der Waals surface area contributed by atoms with Crippen molar-refractivity contribution >= 4 is 0 Å². The molecule has 0 bridgehead atoms. The Morgan fingerprint density at radius 2 is 1.88 bits per heavy atom. The van der Waals surface area contributed by atoms with Crippen LogP contribution in [0.25, 0.3) is 0 Å². The Balaban J connectivity index is 2.17. The van der Waals surface area contributed by atoms with E-state index in [4.69, 9.17) is 0 Å². The molecule has 1 unspecified atom stereocenters. The third-order valence-corrected chi connectivity index (χ3v) is 4.11. The molecular weight excluding hydrogens is 208 g/mol. The van der Waals surface area contributed by atoms with Crippen molar-refractivity contribution in [3.05, 3.63) is 0 Å². The average molecular weight is 240 g/mol. The molecule has 2 nitrogen and oxygen atoms in total. The first-order chi connectivity index (χ1) is 8.27. The van der Waals surface area contributed by atoms with Gasteiger partial charge in [0.15, 0.2) is 0 Å². The molecule has 0 aromatic carbocycles. The first-order valence-electron chi connectivity index (χ1n) is 7.75. The maximum absolute atomic E-state index is 3.65. The van der Waals surface area contributed by atoms with Gasteiger partial charge in [0.2, 0.25) is 0 Å². The fourth-order valence-electron chi connectivity index (χ4n) is 3.03. The summed E-state index contributed by atoms with van der Waals surface area (Å²) in [6, 6.07) is 1.56. The fourth-order valence-corrected chi connectivity index (χ4v) is 3.03. The van der Waals surface area contributed by atoms with Crippen molar-refractivity contribution in [2.24, 2.45) is 0 Å². The van der Waals surface area contributed by atoms with Crippen LogP contribution in [-0.4, -0.2) is 36.6 Å². The number of rotatable bonds is 8. The molecule has 1 fully saturated rings. The highest BCUT2D eigenvalue weighted by Crippen LogP contribution is 2.22. The molecule has 0 aromatic rings. The second-order valence-electron chi connectivity index (χ2n) is 5.56. The lowest BCUT2D eigenvalue weighted by Gasteiger charge is -2.33. The van der Waals surface area contributed by atoms with E-state index in [9.17, 15) is 0 Å². The van der Waals surface area contributed by atoms with Gasteiger partial charge in [0.05, 0.1) is 0 Å². The second-order valence-corrected chi connectivity index (χ2v) is 5.56. The number of nitrogens with zero attached hydrogens (tertiary/aromatic N) is 1. The lowest BCUT2D eigenvalue weighted by molar-refractivity contribution is 0.163. The van der Waals surface area contributed by atoms with E-state index in [2.05, 4.69) is 31.0 Å². The van der Waals surface area contributed by atoms with Crippen LogP contribution < -0.4 is 5.32 Å². The Kier molecular flexibility index (Phi) is 7.87. The van der Waals surface area contributed by atoms with E-state index < -0.39 is 0 Å². The molecule has 1 N–H and O–H groups in total. The molecular formula is C15H32N2. The summed E-state index contributed by atoms with van der Waals surface area (Å²) < 4.78 is 0. The molecule has 0 aliphatic heterocycles. The fraction of sp³-hybridized carbons (Fsp3) is 1.00. The van der Waals surface area contributed by atoms with Crippen LogP contribution in [0.1, 0.15) is 65.7 Å². The van der Waals surface area contributed by atoms with Crippen molar-refractivity contribution in [1.82, 2.24) is 10.2 Å². The van der Waals surface area contributed by atoms with Crippen LogP contribution in [0.2, 0.25) is 0 Å². The first kappa shape index (κ1) is 15.0. The molecule has 1 atom stereocenters. The first-order valence-corrected chi connectivity index (χ1v) is 7.75. The topological polar surface area (TPSA) is 15.3 Å². The van der Waals surface area contributed by atoms with Crippen molar-refractivity contribution in [2.45, 2.75) is 77.8 Å². The highest BCUT2D eigenvalue weighted by atomic mass is 15.2. The van der Waals surface area contributed by atoms with E-state index in [-0.39, 0.29) is 0 Å². The molecule has 1 rings (SSSR count). The third kappa shape index (κ3) is 5.87. The van der Waals surface area contributed by atoms with Crippen LogP contribution in [0.3, 0.4) is 0 Å². The maximum Gasteiger partial charge on any atom is 0.0110 e. The van der Waals surface area contributed by atoms with E-state index in [1.807, 2.05) is 0 Å². The SMILES string of the molecule is CCCC(C)NCCN(CC)C1CCCCC1. The maximum atomic E-state index is 3.65. The monoisotopic (exact) mass is 240 g/mol. The van der Waals surface area contributed by atoms with Gasteiger partial charge in [0, 0.05) is 25.2 Å². The van der Waals surface area contributed by atoms with Gasteiger partial charge in [-0.15, -0.1) is 0 Å². The summed E-state index contributed by atoms with van der Waals surface area (Å²) in [6.45, 7) is 10.5. The van der Waals surface area contributed by atoms with E-state index in [1.54, 1.807) is 0 Å². The molecule has 0 amide bonds. The van der Waals surface area contributed by atoms with Crippen molar-refractivity contribution < 1.29 is 0 Å². The third-order valence-electron chi connectivity index (χ3n) is 4.11. The van der Waals surface area contributed by atoms with Crippen LogP contribution in [0.5, 0.6) is 0 Å². The van der Waals surface area contributed by atoms with Crippen LogP contribution in [0.4, 0.5) is 0 Å². The molecule has 0 radical (unpaired) electrons. The van der Waals surface area contributed by atoms with Crippen LogP contribution in [0.15, 0.2) is 0 Å². The van der Waals surface area contributed by atoms with Gasteiger partial charge in [-0.05, 0) is 32.7 Å². The molecule has 102 valence electrons. The summed E-state index contributed by atoms with van der Waals surface area (Å²) in [5.41, 5.74) is 0. The number of nitrogens with one attached hydrogen (secondary N) is 1. The van der Waals surface area contributed by atoms with Crippen molar-refractivity contribution in [2.75, 3.05) is 19.6 Å². The van der Waals surface area contributed by atoms with E-state index in [0.29, 0.717) is 6.04 Å². The molecule has 1 aliphatic carbocycles. The van der Waals surface area contributed by atoms with Crippen LogP contribution >= 0.6 is 0 Å². The summed E-state index contributed by atoms with van der Waals surface area (Å²) in [5, 5.41) is 3.65. The minimum absolute atomic E-state index is 0.685. The van der Waals surface area contributed by atoms with Crippen molar-refractivity contribution in [1.29, 1.82) is 0 Å². The van der Waals surface area contributed by atoms with Gasteiger partial charge in [-0.3, -0.25) is 4.90 Å². The number of hydrogen-bond donors (Lipinski definition) is 1. The quantitative estimate of drug-likeness (QED) is 0.699. The molecule has 1 saturated carbocycles. The van der Waals surface area contributed by atoms with Crippen molar-refractivity contribution in [3.63, 3.8) is 0 Å². The van der Waals surface area contributed by atoms with E-state index in [0.717, 1.165) is 12.6 Å². The Hall–Kier alpha value is -0.0800. The molecule has 0 spiro atoms. The average Bonchev–Trinajstić information content (AvgIpc) is 2.36. The second kappa shape index (κ2) is 8.93. The minimum Gasteiger partial charge on any atom is -0.313 e. The van der Waals surface area contributed by atoms with E-state index >= 15 is 0 Å². The minimum atomic E-state index is 0.685. The Morgan fingerprint density at radius 3 is 2.47 bits per heavy atom. The van der Waals surface area contributed by atoms with Gasteiger partial charge in [-0.1, -0.05) is 39.5 Å². The predicted octanol–water partition coefficient (Wildman–Crippen LogP) is 3.42. The van der Waals surface area contributed by atoms with Gasteiger partial charge >= 0.3 is 0 Å². The zero-order valence-electron chi connectivity index (χ0n) is 12.2. The molecule has 0 aromatic heterocycles. The number of hydrogen-bond acceptors (Lipinski definition) is 2. The van der Waals surface area contributed by atoms with Crippen LogP contribution in [0, 0.1) is 0 Å². The largest absolute Gasteiger partial charge is 0.313 e. The number of likely N-dealkylation sites (N-methyl/N-ethyl adjacent to an activating group) is 1. The molecule has 17 heavy (non-hydrogen) atoms. The predicted molar refractivity (Wildman–Crippen MR) is 76.5 cm³/mol. The standard InChI is InChI=1S/C15H32N2/c1-4-9-14(3)16-12-13-17(5-2)15-10-7-6-8-11-15/h14-16H,4-13H2,1-3H3. The lowest BCUT2D eigenvalue weighted by Crippen LogP contribution is -2.42. The van der Waals surface area contributed by atoms with Gasteiger partial charge in [0.1, 0.15) is 0 Å². The van der Waals surface area contributed by atoms with E-state index in [1.165, 1.54) is 58.0 Å². The smallest absolute Gasteiger partial charge is 0.0110 e. The Labute approximate surface area is 108 Å². The Bertz CT molecular complexity index is 176. The zero-order chi connectivity index (χ0) is 12.5. The summed E-state index contributed by atoms with van der Waals surface area (Å²) in [7, 11) is 0. The summed E-state index contributed by atoms with van der Waals surface area (Å²) in [5.74, 6) is 0. The highest BCUT2D eigenvalue weighted by molar-refractivity contribution is 4.76. The van der Waals surface area contributed by atoms with Gasteiger partial charge in [-0.2, -0.15) is 0 Å². The summed E-state index contributed by atoms with van der Waals surface area (Å²) in [6.07, 6.45) is 9.79. The molecule has 0 heterocycles. The van der Waals surface area contributed by atoms with Gasteiger partial charge in [-0.25, -0.2) is 0 Å². The molecule has 1 aliphatic rings. The summed E-state index contributed by atoms with van der Waals surface area (Å²) >= 11 is 0. The molecule has 2 heteroatoms. The van der Waals surface area contributed by atoms with Gasteiger partial charge in [0.25, 0.3) is 0 Å². The van der Waals surface area contributed by atoms with Crippen molar-refractivity contribution in [3.8, 4) is 0 Å². The highest BCUT2D eigenvalue weighted by Gasteiger charge is 2.19.